The summed E-state index contributed by atoms with van der Waals surface area (Å²) in [6.45, 7) is 3.64. The number of halogens is 1. The Balaban J connectivity index is 2.74. The molecule has 2 heteroatoms. The molecule has 0 saturated heterocycles. The third-order valence-corrected chi connectivity index (χ3v) is 2.08. The van der Waals surface area contributed by atoms with E-state index in [9.17, 15) is 4.39 Å². The molecule has 0 aliphatic heterocycles. The van der Waals surface area contributed by atoms with Crippen LogP contribution >= 0.6 is 0 Å². The standard InChI is InChI=1S/C12H14FN/c1-3-5-9-14(4-2)12-8-6-7-11(13)10-12/h1,6-8,10H,4-5,9H2,2H3. The Labute approximate surface area is 84.5 Å². The third-order valence-electron chi connectivity index (χ3n) is 2.08. The fourth-order valence-electron chi connectivity index (χ4n) is 1.34. The monoisotopic (exact) mass is 191 g/mol. The van der Waals surface area contributed by atoms with Crippen LogP contribution in [0.15, 0.2) is 24.3 Å². The molecule has 0 aliphatic carbocycles. The summed E-state index contributed by atoms with van der Waals surface area (Å²) in [4.78, 5) is 2.06. The van der Waals surface area contributed by atoms with E-state index < -0.39 is 0 Å². The Morgan fingerprint density at radius 3 is 2.86 bits per heavy atom. The first-order valence-electron chi connectivity index (χ1n) is 4.72. The van der Waals surface area contributed by atoms with Crippen molar-refractivity contribution in [1.29, 1.82) is 0 Å². The molecule has 14 heavy (non-hydrogen) atoms. The van der Waals surface area contributed by atoms with Crippen LogP contribution in [0.25, 0.3) is 0 Å². The van der Waals surface area contributed by atoms with Crippen molar-refractivity contribution in [2.24, 2.45) is 0 Å². The Bertz CT molecular complexity index is 327. The first-order valence-corrected chi connectivity index (χ1v) is 4.72. The van der Waals surface area contributed by atoms with E-state index in [4.69, 9.17) is 6.42 Å². The summed E-state index contributed by atoms with van der Waals surface area (Å²) in [5.74, 6) is 2.37. The van der Waals surface area contributed by atoms with Gasteiger partial charge in [-0.1, -0.05) is 6.07 Å². The van der Waals surface area contributed by atoms with E-state index in [0.717, 1.165) is 18.8 Å². The lowest BCUT2D eigenvalue weighted by molar-refractivity contribution is 0.626. The average Bonchev–Trinajstić information content (AvgIpc) is 2.19. The molecule has 0 radical (unpaired) electrons. The molecule has 0 aliphatic rings. The lowest BCUT2D eigenvalue weighted by Crippen LogP contribution is -2.23. The van der Waals surface area contributed by atoms with E-state index >= 15 is 0 Å². The van der Waals surface area contributed by atoms with E-state index in [1.165, 1.54) is 12.1 Å². The fourth-order valence-corrected chi connectivity index (χ4v) is 1.34. The van der Waals surface area contributed by atoms with Crippen molar-refractivity contribution in [3.63, 3.8) is 0 Å². The van der Waals surface area contributed by atoms with Crippen molar-refractivity contribution in [2.45, 2.75) is 13.3 Å². The molecule has 0 bridgehead atoms. The maximum absolute atomic E-state index is 12.9. The van der Waals surface area contributed by atoms with E-state index in [1.54, 1.807) is 6.07 Å². The number of benzene rings is 1. The topological polar surface area (TPSA) is 3.24 Å². The summed E-state index contributed by atoms with van der Waals surface area (Å²) in [6.07, 6.45) is 5.87. The number of hydrogen-bond acceptors (Lipinski definition) is 1. The maximum atomic E-state index is 12.9. The maximum Gasteiger partial charge on any atom is 0.125 e. The lowest BCUT2D eigenvalue weighted by Gasteiger charge is -2.21. The summed E-state index contributed by atoms with van der Waals surface area (Å²) in [6, 6.07) is 6.57. The van der Waals surface area contributed by atoms with Crippen LogP contribution in [-0.4, -0.2) is 13.1 Å². The number of nitrogens with zero attached hydrogens (tertiary/aromatic N) is 1. The number of anilines is 1. The average molecular weight is 191 g/mol. The molecule has 74 valence electrons. The minimum absolute atomic E-state index is 0.207. The van der Waals surface area contributed by atoms with Crippen molar-refractivity contribution >= 4 is 5.69 Å². The molecule has 0 aromatic heterocycles. The summed E-state index contributed by atoms with van der Waals surface area (Å²) in [5.41, 5.74) is 0.891. The van der Waals surface area contributed by atoms with Gasteiger partial charge in [0.15, 0.2) is 0 Å². The molecule has 0 saturated carbocycles. The molecule has 1 rings (SSSR count). The molecule has 0 N–H and O–H groups in total. The Kier molecular flexibility index (Phi) is 4.00. The van der Waals surface area contributed by atoms with Crippen LogP contribution in [0.5, 0.6) is 0 Å². The Morgan fingerprint density at radius 1 is 1.50 bits per heavy atom. The molecule has 0 fully saturated rings. The molecule has 0 unspecified atom stereocenters. The van der Waals surface area contributed by atoms with Gasteiger partial charge in [0.25, 0.3) is 0 Å². The number of terminal acetylenes is 1. The fraction of sp³-hybridized carbons (Fsp3) is 0.333. The zero-order valence-corrected chi connectivity index (χ0v) is 8.33. The van der Waals surface area contributed by atoms with Gasteiger partial charge in [-0.2, -0.15) is 0 Å². The van der Waals surface area contributed by atoms with Crippen LogP contribution in [0.4, 0.5) is 10.1 Å². The normalized spacial score (nSPS) is 9.50. The lowest BCUT2D eigenvalue weighted by atomic mass is 10.2. The highest BCUT2D eigenvalue weighted by Gasteiger charge is 2.03. The zero-order chi connectivity index (χ0) is 10.4. The van der Waals surface area contributed by atoms with Crippen molar-refractivity contribution in [3.05, 3.63) is 30.1 Å². The third kappa shape index (κ3) is 2.77. The molecule has 1 nitrogen and oxygen atoms in total. The SMILES string of the molecule is C#CCCN(CC)c1cccc(F)c1. The summed E-state index contributed by atoms with van der Waals surface area (Å²) in [7, 11) is 0. The molecule has 0 heterocycles. The van der Waals surface area contributed by atoms with E-state index in [2.05, 4.69) is 10.8 Å². The van der Waals surface area contributed by atoms with Crippen LogP contribution in [0.3, 0.4) is 0 Å². The summed E-state index contributed by atoms with van der Waals surface area (Å²) < 4.78 is 12.9. The van der Waals surface area contributed by atoms with Gasteiger partial charge in [0, 0.05) is 25.2 Å². The highest BCUT2D eigenvalue weighted by molar-refractivity contribution is 5.46. The van der Waals surface area contributed by atoms with Gasteiger partial charge in [-0.25, -0.2) is 4.39 Å². The molecular weight excluding hydrogens is 177 g/mol. The van der Waals surface area contributed by atoms with Crippen LogP contribution in [-0.2, 0) is 0 Å². The van der Waals surface area contributed by atoms with Crippen molar-refractivity contribution in [1.82, 2.24) is 0 Å². The second-order valence-electron chi connectivity index (χ2n) is 3.01. The molecular formula is C12H14FN. The van der Waals surface area contributed by atoms with E-state index in [0.29, 0.717) is 6.42 Å². The van der Waals surface area contributed by atoms with Crippen LogP contribution in [0, 0.1) is 18.2 Å². The van der Waals surface area contributed by atoms with Gasteiger partial charge in [0.2, 0.25) is 0 Å². The second-order valence-corrected chi connectivity index (χ2v) is 3.01. The minimum atomic E-state index is -0.207. The van der Waals surface area contributed by atoms with Gasteiger partial charge in [0.05, 0.1) is 0 Å². The van der Waals surface area contributed by atoms with Gasteiger partial charge in [-0.15, -0.1) is 12.3 Å². The highest BCUT2D eigenvalue weighted by Crippen LogP contribution is 2.15. The van der Waals surface area contributed by atoms with Crippen molar-refractivity contribution in [3.8, 4) is 12.3 Å². The summed E-state index contributed by atoms with van der Waals surface area (Å²) >= 11 is 0. The first-order chi connectivity index (χ1) is 6.77. The van der Waals surface area contributed by atoms with Gasteiger partial charge < -0.3 is 4.90 Å². The highest BCUT2D eigenvalue weighted by atomic mass is 19.1. The Hall–Kier alpha value is -1.49. The molecule has 0 spiro atoms. The molecule has 0 atom stereocenters. The summed E-state index contributed by atoms with van der Waals surface area (Å²) in [5, 5.41) is 0. The quantitative estimate of drug-likeness (QED) is 0.661. The minimum Gasteiger partial charge on any atom is -0.371 e. The molecule has 1 aromatic carbocycles. The predicted molar refractivity (Wildman–Crippen MR) is 57.7 cm³/mol. The van der Waals surface area contributed by atoms with Gasteiger partial charge in [-0.05, 0) is 25.1 Å². The van der Waals surface area contributed by atoms with Crippen LogP contribution < -0.4 is 4.90 Å². The smallest absolute Gasteiger partial charge is 0.125 e. The van der Waals surface area contributed by atoms with Gasteiger partial charge >= 0.3 is 0 Å². The first kappa shape index (κ1) is 10.6. The molecule has 1 aromatic rings. The Morgan fingerprint density at radius 2 is 2.29 bits per heavy atom. The van der Waals surface area contributed by atoms with Gasteiger partial charge in [-0.3, -0.25) is 0 Å². The molecule has 0 amide bonds. The number of rotatable bonds is 4. The van der Waals surface area contributed by atoms with Crippen LogP contribution in [0.2, 0.25) is 0 Å². The zero-order valence-electron chi connectivity index (χ0n) is 8.33. The number of hydrogen-bond donors (Lipinski definition) is 0. The second kappa shape index (κ2) is 5.29. The van der Waals surface area contributed by atoms with Crippen molar-refractivity contribution in [2.75, 3.05) is 18.0 Å². The van der Waals surface area contributed by atoms with Crippen LogP contribution in [0.1, 0.15) is 13.3 Å². The van der Waals surface area contributed by atoms with Crippen molar-refractivity contribution < 1.29 is 4.39 Å². The predicted octanol–water partition coefficient (Wildman–Crippen LogP) is 2.68. The largest absolute Gasteiger partial charge is 0.371 e. The van der Waals surface area contributed by atoms with Gasteiger partial charge in [0.1, 0.15) is 5.82 Å². The van der Waals surface area contributed by atoms with E-state index in [-0.39, 0.29) is 5.82 Å². The van der Waals surface area contributed by atoms with E-state index in [1.807, 2.05) is 13.0 Å².